The van der Waals surface area contributed by atoms with Crippen molar-refractivity contribution < 1.29 is 14.0 Å². The van der Waals surface area contributed by atoms with E-state index in [9.17, 15) is 9.59 Å². The number of likely N-dealkylation sites (N-methyl/N-ethyl adjacent to an activating group) is 2. The van der Waals surface area contributed by atoms with E-state index >= 15 is 0 Å². The molecule has 1 aromatic heterocycles. The van der Waals surface area contributed by atoms with Crippen LogP contribution in [0.3, 0.4) is 0 Å². The number of furan rings is 1. The second-order valence-electron chi connectivity index (χ2n) is 5.40. The van der Waals surface area contributed by atoms with Crippen molar-refractivity contribution >= 4 is 23.4 Å². The number of carbonyl (C=O) groups is 2. The van der Waals surface area contributed by atoms with Crippen molar-refractivity contribution in [2.75, 3.05) is 27.2 Å². The predicted molar refractivity (Wildman–Crippen MR) is 92.6 cm³/mol. The molecular formula is C17H20ClN3O3. The first kappa shape index (κ1) is 18.0. The lowest BCUT2D eigenvalue weighted by molar-refractivity contribution is -0.124. The second kappa shape index (κ2) is 8.52. The summed E-state index contributed by atoms with van der Waals surface area (Å²) in [5.74, 6) is 1.06. The molecule has 0 aliphatic carbocycles. The summed E-state index contributed by atoms with van der Waals surface area (Å²) in [6.45, 7) is 0.601. The number of rotatable bonds is 7. The third kappa shape index (κ3) is 5.40. The Bertz CT molecular complexity index is 697. The number of amides is 2. The van der Waals surface area contributed by atoms with E-state index in [1.54, 1.807) is 31.1 Å². The Hall–Kier alpha value is -2.31. The fourth-order valence-corrected chi connectivity index (χ4v) is 2.24. The molecule has 0 spiro atoms. The smallest absolute Gasteiger partial charge is 0.234 e. The third-order valence-corrected chi connectivity index (χ3v) is 3.61. The van der Waals surface area contributed by atoms with Gasteiger partial charge in [0, 0.05) is 17.6 Å². The third-order valence-electron chi connectivity index (χ3n) is 3.36. The summed E-state index contributed by atoms with van der Waals surface area (Å²) in [6.07, 6.45) is 0. The van der Waals surface area contributed by atoms with Gasteiger partial charge >= 0.3 is 0 Å². The molecule has 24 heavy (non-hydrogen) atoms. The molecule has 128 valence electrons. The van der Waals surface area contributed by atoms with Crippen LogP contribution in [0.15, 0.2) is 40.8 Å². The summed E-state index contributed by atoms with van der Waals surface area (Å²) in [6, 6.07) is 11.0. The number of hydrogen-bond donors (Lipinski definition) is 2. The first-order valence-electron chi connectivity index (χ1n) is 7.48. The van der Waals surface area contributed by atoms with Crippen LogP contribution in [0.25, 0.3) is 11.3 Å². The van der Waals surface area contributed by atoms with Crippen molar-refractivity contribution in [2.24, 2.45) is 0 Å². The molecule has 0 fully saturated rings. The van der Waals surface area contributed by atoms with Crippen LogP contribution in [-0.4, -0.2) is 43.9 Å². The maximum atomic E-state index is 11.9. The number of nitrogens with zero attached hydrogens (tertiary/aromatic N) is 1. The summed E-state index contributed by atoms with van der Waals surface area (Å²) < 4.78 is 5.71. The summed E-state index contributed by atoms with van der Waals surface area (Å²) in [5.41, 5.74) is 0.919. The maximum Gasteiger partial charge on any atom is 0.234 e. The van der Waals surface area contributed by atoms with E-state index < -0.39 is 0 Å². The van der Waals surface area contributed by atoms with E-state index in [2.05, 4.69) is 10.6 Å². The highest BCUT2D eigenvalue weighted by atomic mass is 35.5. The molecule has 0 saturated carbocycles. The molecule has 2 N–H and O–H groups in total. The topological polar surface area (TPSA) is 74.6 Å². The van der Waals surface area contributed by atoms with Gasteiger partial charge in [0.15, 0.2) is 0 Å². The van der Waals surface area contributed by atoms with Gasteiger partial charge in [-0.15, -0.1) is 0 Å². The fraction of sp³-hybridized carbons (Fsp3) is 0.294. The summed E-state index contributed by atoms with van der Waals surface area (Å²) in [7, 11) is 3.27. The van der Waals surface area contributed by atoms with E-state index in [4.69, 9.17) is 16.0 Å². The number of hydrogen-bond acceptors (Lipinski definition) is 4. The minimum absolute atomic E-state index is 0.135. The zero-order valence-electron chi connectivity index (χ0n) is 13.6. The van der Waals surface area contributed by atoms with E-state index in [1.807, 2.05) is 24.3 Å². The quantitative estimate of drug-likeness (QED) is 0.800. The molecule has 7 heteroatoms. The molecule has 0 saturated heterocycles. The molecule has 0 unspecified atom stereocenters. The molecule has 0 aliphatic rings. The Kier molecular flexibility index (Phi) is 6.40. The van der Waals surface area contributed by atoms with Gasteiger partial charge in [0.25, 0.3) is 0 Å². The molecule has 2 aromatic rings. The van der Waals surface area contributed by atoms with Gasteiger partial charge in [0.2, 0.25) is 11.8 Å². The number of nitrogens with one attached hydrogen (secondary N) is 2. The lowest BCUT2D eigenvalue weighted by atomic mass is 10.2. The lowest BCUT2D eigenvalue weighted by Gasteiger charge is -2.14. The van der Waals surface area contributed by atoms with Crippen LogP contribution in [0, 0.1) is 0 Å². The van der Waals surface area contributed by atoms with E-state index in [0.29, 0.717) is 23.1 Å². The molecule has 1 aromatic carbocycles. The predicted octanol–water partition coefficient (Wildman–Crippen LogP) is 1.89. The second-order valence-corrected chi connectivity index (χ2v) is 5.83. The van der Waals surface area contributed by atoms with Crippen molar-refractivity contribution in [1.29, 1.82) is 0 Å². The van der Waals surface area contributed by atoms with Crippen molar-refractivity contribution in [3.63, 3.8) is 0 Å². The Morgan fingerprint density at radius 1 is 1.08 bits per heavy atom. The molecule has 1 heterocycles. The Labute approximate surface area is 145 Å². The van der Waals surface area contributed by atoms with Crippen LogP contribution >= 0.6 is 11.6 Å². The van der Waals surface area contributed by atoms with E-state index in [1.165, 1.54) is 0 Å². The first-order valence-corrected chi connectivity index (χ1v) is 7.86. The number of halogens is 1. The first-order chi connectivity index (χ1) is 11.5. The largest absolute Gasteiger partial charge is 0.459 e. The summed E-state index contributed by atoms with van der Waals surface area (Å²) in [5, 5.41) is 5.95. The van der Waals surface area contributed by atoms with Crippen molar-refractivity contribution in [1.82, 2.24) is 15.5 Å². The average molecular weight is 350 g/mol. The molecule has 2 amide bonds. The Morgan fingerprint density at radius 2 is 1.75 bits per heavy atom. The highest BCUT2D eigenvalue weighted by Crippen LogP contribution is 2.23. The van der Waals surface area contributed by atoms with Crippen LogP contribution in [0.4, 0.5) is 0 Å². The molecule has 0 atom stereocenters. The van der Waals surface area contributed by atoms with Gasteiger partial charge in [0.05, 0.1) is 19.6 Å². The van der Waals surface area contributed by atoms with Gasteiger partial charge in [-0.3, -0.25) is 14.5 Å². The molecule has 0 bridgehead atoms. The highest BCUT2D eigenvalue weighted by molar-refractivity contribution is 6.30. The molecule has 0 aliphatic heterocycles. The van der Waals surface area contributed by atoms with Crippen LogP contribution in [0.1, 0.15) is 5.76 Å². The van der Waals surface area contributed by atoms with Crippen LogP contribution in [0.2, 0.25) is 5.02 Å². The minimum Gasteiger partial charge on any atom is -0.459 e. The van der Waals surface area contributed by atoms with Gasteiger partial charge in [-0.1, -0.05) is 11.6 Å². The van der Waals surface area contributed by atoms with Gasteiger partial charge < -0.3 is 15.1 Å². The molecule has 6 nitrogen and oxygen atoms in total. The zero-order valence-corrected chi connectivity index (χ0v) is 14.4. The van der Waals surface area contributed by atoms with E-state index in [-0.39, 0.29) is 24.9 Å². The van der Waals surface area contributed by atoms with Gasteiger partial charge in [-0.2, -0.15) is 0 Å². The fourth-order valence-electron chi connectivity index (χ4n) is 2.11. The van der Waals surface area contributed by atoms with Crippen LogP contribution < -0.4 is 10.6 Å². The van der Waals surface area contributed by atoms with Crippen LogP contribution in [-0.2, 0) is 16.1 Å². The Balaban J connectivity index is 1.83. The SMILES string of the molecule is CNC(=O)CN(C)CC(=O)NCc1ccc(-c2ccc(Cl)cc2)o1. The Morgan fingerprint density at radius 3 is 2.42 bits per heavy atom. The van der Waals surface area contributed by atoms with Crippen molar-refractivity contribution in [3.05, 3.63) is 47.2 Å². The van der Waals surface area contributed by atoms with Crippen molar-refractivity contribution in [3.8, 4) is 11.3 Å². The molecule has 2 rings (SSSR count). The van der Waals surface area contributed by atoms with E-state index in [0.717, 1.165) is 5.56 Å². The standard InChI is InChI=1S/C17H20ClN3O3/c1-19-16(22)10-21(2)11-17(23)20-9-14-7-8-15(24-14)12-3-5-13(18)6-4-12/h3-8H,9-11H2,1-2H3,(H,19,22)(H,20,23). The number of carbonyl (C=O) groups excluding carboxylic acids is 2. The van der Waals surface area contributed by atoms with Gasteiger partial charge in [-0.25, -0.2) is 0 Å². The van der Waals surface area contributed by atoms with Crippen molar-refractivity contribution in [2.45, 2.75) is 6.54 Å². The maximum absolute atomic E-state index is 11.9. The minimum atomic E-state index is -0.175. The lowest BCUT2D eigenvalue weighted by Crippen LogP contribution is -2.39. The normalized spacial score (nSPS) is 10.7. The zero-order chi connectivity index (χ0) is 17.5. The molecular weight excluding hydrogens is 330 g/mol. The van der Waals surface area contributed by atoms with Crippen LogP contribution in [0.5, 0.6) is 0 Å². The van der Waals surface area contributed by atoms with Gasteiger partial charge in [-0.05, 0) is 43.4 Å². The monoisotopic (exact) mass is 349 g/mol. The highest BCUT2D eigenvalue weighted by Gasteiger charge is 2.11. The molecule has 0 radical (unpaired) electrons. The summed E-state index contributed by atoms with van der Waals surface area (Å²) in [4.78, 5) is 24.7. The average Bonchev–Trinajstić information content (AvgIpc) is 3.02. The van der Waals surface area contributed by atoms with Gasteiger partial charge in [0.1, 0.15) is 11.5 Å². The number of benzene rings is 1. The summed E-state index contributed by atoms with van der Waals surface area (Å²) >= 11 is 5.86.